The van der Waals surface area contributed by atoms with Gasteiger partial charge in [-0.05, 0) is 30.3 Å². The van der Waals surface area contributed by atoms with Gasteiger partial charge in [-0.25, -0.2) is 15.0 Å². The summed E-state index contributed by atoms with van der Waals surface area (Å²) in [5.41, 5.74) is 5.63. The number of anilines is 1. The first kappa shape index (κ1) is 19.6. The Labute approximate surface area is 171 Å². The Kier molecular flexibility index (Phi) is 4.96. The van der Waals surface area contributed by atoms with E-state index in [4.69, 9.17) is 26.6 Å². The number of nitrogens with zero attached hydrogens (tertiary/aromatic N) is 5. The van der Waals surface area contributed by atoms with Gasteiger partial charge in [-0.2, -0.15) is 18.2 Å². The highest BCUT2D eigenvalue weighted by atomic mass is 35.5. The summed E-state index contributed by atoms with van der Waals surface area (Å²) < 4.78 is 48.7. The molecule has 0 fully saturated rings. The fraction of sp³-hybridized carbons (Fsp3) is 0.0556. The van der Waals surface area contributed by atoms with E-state index in [1.807, 2.05) is 0 Å². The van der Waals surface area contributed by atoms with E-state index in [-0.39, 0.29) is 34.1 Å². The summed E-state index contributed by atoms with van der Waals surface area (Å²) in [6.07, 6.45) is -1.01. The molecule has 4 aromatic rings. The molecule has 2 N–H and O–H groups in total. The lowest BCUT2D eigenvalue weighted by atomic mass is 10.2. The van der Waals surface area contributed by atoms with Gasteiger partial charge in [0, 0.05) is 24.2 Å². The van der Waals surface area contributed by atoms with E-state index >= 15 is 0 Å². The van der Waals surface area contributed by atoms with Crippen LogP contribution in [0.3, 0.4) is 0 Å². The van der Waals surface area contributed by atoms with Gasteiger partial charge < -0.3 is 15.0 Å². The maximum atomic E-state index is 12.7. The quantitative estimate of drug-likeness (QED) is 0.494. The van der Waals surface area contributed by atoms with Crippen molar-refractivity contribution in [3.63, 3.8) is 0 Å². The summed E-state index contributed by atoms with van der Waals surface area (Å²) in [7, 11) is 0. The normalized spacial score (nSPS) is 11.5. The van der Waals surface area contributed by atoms with Crippen LogP contribution in [-0.2, 0) is 6.18 Å². The number of rotatable bonds is 4. The van der Waals surface area contributed by atoms with E-state index in [0.29, 0.717) is 17.5 Å². The molecule has 3 aromatic heterocycles. The van der Waals surface area contributed by atoms with Crippen molar-refractivity contribution in [2.45, 2.75) is 6.18 Å². The minimum atomic E-state index is -4.55. The van der Waals surface area contributed by atoms with E-state index in [9.17, 15) is 13.2 Å². The van der Waals surface area contributed by atoms with Crippen LogP contribution in [0.5, 0.6) is 11.6 Å². The number of nitrogen functional groups attached to an aromatic ring is 1. The van der Waals surface area contributed by atoms with Crippen molar-refractivity contribution in [3.05, 3.63) is 59.5 Å². The minimum absolute atomic E-state index is 0.108. The maximum Gasteiger partial charge on any atom is 0.417 e. The summed E-state index contributed by atoms with van der Waals surface area (Å²) in [4.78, 5) is 15.8. The second-order valence-electron chi connectivity index (χ2n) is 5.85. The lowest BCUT2D eigenvalue weighted by Gasteiger charge is -2.10. The van der Waals surface area contributed by atoms with Gasteiger partial charge in [0.05, 0.1) is 5.56 Å². The van der Waals surface area contributed by atoms with Gasteiger partial charge in [0.15, 0.2) is 11.5 Å². The van der Waals surface area contributed by atoms with E-state index < -0.39 is 11.7 Å². The second kappa shape index (κ2) is 7.59. The third-order valence-electron chi connectivity index (χ3n) is 3.82. The Morgan fingerprint density at radius 1 is 1.03 bits per heavy atom. The first-order valence-corrected chi connectivity index (χ1v) is 8.60. The number of pyridine rings is 1. The van der Waals surface area contributed by atoms with Gasteiger partial charge in [-0.1, -0.05) is 16.8 Å². The molecule has 8 nitrogen and oxygen atoms in total. The van der Waals surface area contributed by atoms with Crippen LogP contribution < -0.4 is 10.5 Å². The standard InChI is InChI=1S/C18H10ClF3N6O2/c19-12-7-10(18(20,21)22)8-26-16(12)29-11-3-1-9(2-4-11)15-27-17(30-28-15)13-14(23)25-6-5-24-13/h1-8H,(H2,23,25). The van der Waals surface area contributed by atoms with Crippen molar-refractivity contribution in [3.8, 4) is 34.6 Å². The van der Waals surface area contributed by atoms with Gasteiger partial charge in [0.1, 0.15) is 10.8 Å². The smallest absolute Gasteiger partial charge is 0.417 e. The predicted molar refractivity (Wildman–Crippen MR) is 99.5 cm³/mol. The van der Waals surface area contributed by atoms with Gasteiger partial charge in [-0.3, -0.25) is 0 Å². The lowest BCUT2D eigenvalue weighted by molar-refractivity contribution is -0.137. The molecule has 0 bridgehead atoms. The zero-order valence-electron chi connectivity index (χ0n) is 14.8. The average Bonchev–Trinajstić information content (AvgIpc) is 3.19. The average molecular weight is 435 g/mol. The molecule has 0 amide bonds. The summed E-state index contributed by atoms with van der Waals surface area (Å²) in [6.45, 7) is 0. The summed E-state index contributed by atoms with van der Waals surface area (Å²) >= 11 is 5.85. The predicted octanol–water partition coefficient (Wildman–Crippen LogP) is 4.64. The van der Waals surface area contributed by atoms with Crippen LogP contribution >= 0.6 is 11.6 Å². The van der Waals surface area contributed by atoms with Crippen LogP contribution in [0.15, 0.2) is 53.4 Å². The Morgan fingerprint density at radius 2 is 1.77 bits per heavy atom. The SMILES string of the molecule is Nc1nccnc1-c1nc(-c2ccc(Oc3ncc(C(F)(F)F)cc3Cl)cc2)no1. The second-order valence-corrected chi connectivity index (χ2v) is 6.26. The number of aromatic nitrogens is 5. The molecular formula is C18H10ClF3N6O2. The molecular weight excluding hydrogens is 425 g/mol. The fourth-order valence-electron chi connectivity index (χ4n) is 2.39. The summed E-state index contributed by atoms with van der Waals surface area (Å²) in [5, 5.41) is 3.61. The number of nitrogens with two attached hydrogens (primary N) is 1. The molecule has 12 heteroatoms. The minimum Gasteiger partial charge on any atom is -0.438 e. The largest absolute Gasteiger partial charge is 0.438 e. The van der Waals surface area contributed by atoms with E-state index in [1.54, 1.807) is 24.3 Å². The van der Waals surface area contributed by atoms with Crippen LogP contribution in [0.25, 0.3) is 23.0 Å². The molecule has 30 heavy (non-hydrogen) atoms. The highest BCUT2D eigenvalue weighted by Crippen LogP contribution is 2.35. The number of hydrogen-bond donors (Lipinski definition) is 1. The van der Waals surface area contributed by atoms with Crippen molar-refractivity contribution in [2.24, 2.45) is 0 Å². The fourth-order valence-corrected chi connectivity index (χ4v) is 2.59. The number of halogens is 4. The topological polar surface area (TPSA) is 113 Å². The molecule has 0 aliphatic carbocycles. The molecule has 0 aliphatic heterocycles. The summed E-state index contributed by atoms with van der Waals surface area (Å²) in [5.74, 6) is 0.675. The lowest BCUT2D eigenvalue weighted by Crippen LogP contribution is -2.05. The number of benzene rings is 1. The first-order valence-electron chi connectivity index (χ1n) is 8.23. The van der Waals surface area contributed by atoms with Crippen LogP contribution in [-0.4, -0.2) is 25.1 Å². The van der Waals surface area contributed by atoms with Crippen molar-refractivity contribution in [1.29, 1.82) is 0 Å². The van der Waals surface area contributed by atoms with Gasteiger partial charge in [-0.15, -0.1) is 0 Å². The Morgan fingerprint density at radius 3 is 2.43 bits per heavy atom. The monoisotopic (exact) mass is 434 g/mol. The van der Waals surface area contributed by atoms with Crippen molar-refractivity contribution < 1.29 is 22.4 Å². The van der Waals surface area contributed by atoms with Crippen molar-refractivity contribution in [1.82, 2.24) is 25.1 Å². The Balaban J connectivity index is 1.52. The van der Waals surface area contributed by atoms with Crippen LogP contribution in [0.2, 0.25) is 5.02 Å². The van der Waals surface area contributed by atoms with E-state index in [1.165, 1.54) is 12.4 Å². The first-order chi connectivity index (χ1) is 14.3. The molecule has 1 aromatic carbocycles. The third kappa shape index (κ3) is 4.01. The molecule has 4 rings (SSSR count). The van der Waals surface area contributed by atoms with Gasteiger partial charge in [0.25, 0.3) is 5.89 Å². The van der Waals surface area contributed by atoms with E-state index in [0.717, 1.165) is 6.07 Å². The molecule has 152 valence electrons. The molecule has 0 saturated carbocycles. The Hall–Kier alpha value is -3.73. The van der Waals surface area contributed by atoms with E-state index in [2.05, 4.69) is 25.1 Å². The van der Waals surface area contributed by atoms with Crippen LogP contribution in [0.1, 0.15) is 5.56 Å². The molecule has 0 saturated heterocycles. The molecule has 0 atom stereocenters. The van der Waals surface area contributed by atoms with Crippen molar-refractivity contribution in [2.75, 3.05) is 5.73 Å². The van der Waals surface area contributed by atoms with Gasteiger partial charge in [0.2, 0.25) is 11.7 Å². The summed E-state index contributed by atoms with van der Waals surface area (Å²) in [6, 6.07) is 7.11. The molecule has 3 heterocycles. The molecule has 0 radical (unpaired) electrons. The van der Waals surface area contributed by atoms with Crippen LogP contribution in [0, 0.1) is 0 Å². The number of ether oxygens (including phenoxy) is 1. The van der Waals surface area contributed by atoms with Gasteiger partial charge >= 0.3 is 6.18 Å². The highest BCUT2D eigenvalue weighted by Gasteiger charge is 2.31. The maximum absolute atomic E-state index is 12.7. The number of alkyl halides is 3. The highest BCUT2D eigenvalue weighted by molar-refractivity contribution is 6.31. The molecule has 0 unspecified atom stereocenters. The molecule has 0 spiro atoms. The molecule has 0 aliphatic rings. The van der Waals surface area contributed by atoms with Crippen LogP contribution in [0.4, 0.5) is 19.0 Å². The van der Waals surface area contributed by atoms with Crippen molar-refractivity contribution >= 4 is 17.4 Å². The number of hydrogen-bond acceptors (Lipinski definition) is 8. The third-order valence-corrected chi connectivity index (χ3v) is 4.09. The zero-order valence-corrected chi connectivity index (χ0v) is 15.5. The zero-order chi connectivity index (χ0) is 21.3. The Bertz CT molecular complexity index is 1200.